The summed E-state index contributed by atoms with van der Waals surface area (Å²) in [5.74, 6) is 0. The maximum Gasteiger partial charge on any atom is 0.500 e. The van der Waals surface area contributed by atoms with Crippen LogP contribution in [0.1, 0.15) is 19.8 Å². The van der Waals surface area contributed by atoms with E-state index in [0.717, 1.165) is 32.1 Å². The molecule has 9 nitrogen and oxygen atoms in total. The molecule has 146 valence electrons. The second kappa shape index (κ2) is 14.3. The second-order valence-electron chi connectivity index (χ2n) is 5.03. The lowest BCUT2D eigenvalue weighted by Crippen LogP contribution is -2.43. The van der Waals surface area contributed by atoms with E-state index in [1.165, 1.54) is 0 Å². The van der Waals surface area contributed by atoms with Gasteiger partial charge in [-0.1, -0.05) is 6.92 Å². The van der Waals surface area contributed by atoms with Crippen LogP contribution in [0.25, 0.3) is 0 Å². The zero-order chi connectivity index (χ0) is 18.3. The summed E-state index contributed by atoms with van der Waals surface area (Å²) in [6.07, 6.45) is 1.56. The highest BCUT2D eigenvalue weighted by molar-refractivity contribution is 7.47. The smallest absolute Gasteiger partial charge is 0.377 e. The van der Waals surface area contributed by atoms with Gasteiger partial charge in [0.15, 0.2) is 0 Å². The predicted octanol–water partition coefficient (Wildman–Crippen LogP) is 0.977. The molecule has 0 aromatic carbocycles. The molecule has 0 bridgehead atoms. The molecule has 0 saturated heterocycles. The lowest BCUT2D eigenvalue weighted by Gasteiger charge is -2.24. The molecule has 1 atom stereocenters. The molecular formula is C13H33N2O7PSi. The summed E-state index contributed by atoms with van der Waals surface area (Å²) in [5.41, 5.74) is 0. The molecule has 0 aliphatic carbocycles. The van der Waals surface area contributed by atoms with E-state index in [4.69, 9.17) is 22.3 Å². The third kappa shape index (κ3) is 11.6. The van der Waals surface area contributed by atoms with Gasteiger partial charge in [0.1, 0.15) is 0 Å². The molecule has 0 saturated carbocycles. The van der Waals surface area contributed by atoms with Crippen molar-refractivity contribution in [3.63, 3.8) is 0 Å². The Morgan fingerprint density at radius 1 is 0.917 bits per heavy atom. The van der Waals surface area contributed by atoms with Gasteiger partial charge in [-0.2, -0.15) is 0 Å². The van der Waals surface area contributed by atoms with Crippen molar-refractivity contribution in [3.8, 4) is 0 Å². The van der Waals surface area contributed by atoms with E-state index in [1.54, 1.807) is 21.3 Å². The number of rotatable bonds is 17. The Morgan fingerprint density at radius 3 is 2.00 bits per heavy atom. The molecule has 1 unspecified atom stereocenters. The first-order valence-corrected chi connectivity index (χ1v) is 11.6. The number of nitrogens with one attached hydrogen (secondary N) is 2. The monoisotopic (exact) mass is 388 g/mol. The Balaban J connectivity index is 3.50. The van der Waals surface area contributed by atoms with E-state index in [9.17, 15) is 9.46 Å². The maximum absolute atomic E-state index is 11.4. The van der Waals surface area contributed by atoms with Gasteiger partial charge >= 0.3 is 16.6 Å². The molecule has 11 heteroatoms. The third-order valence-electron chi connectivity index (χ3n) is 3.24. The normalized spacial score (nSPS) is 14.7. The van der Waals surface area contributed by atoms with Gasteiger partial charge in [-0.05, 0) is 19.4 Å². The van der Waals surface area contributed by atoms with E-state index >= 15 is 0 Å². The lowest BCUT2D eigenvalue weighted by molar-refractivity contribution is 0.123. The minimum absolute atomic E-state index is 0.126. The second-order valence-corrected chi connectivity index (χ2v) is 9.58. The van der Waals surface area contributed by atoms with Gasteiger partial charge in [-0.15, -0.1) is 0 Å². The molecular weight excluding hydrogens is 355 g/mol. The molecule has 0 rings (SSSR count). The van der Waals surface area contributed by atoms with E-state index in [2.05, 4.69) is 10.6 Å². The summed E-state index contributed by atoms with van der Waals surface area (Å²) < 4.78 is 37.0. The van der Waals surface area contributed by atoms with Crippen molar-refractivity contribution >= 4 is 16.6 Å². The number of hydrogen-bond donors (Lipinski definition) is 3. The molecule has 0 spiro atoms. The molecule has 0 amide bonds. The van der Waals surface area contributed by atoms with Crippen LogP contribution in [0.15, 0.2) is 0 Å². The number of phosphoric acid groups is 1. The minimum atomic E-state index is -3.89. The Kier molecular flexibility index (Phi) is 14.4. The predicted molar refractivity (Wildman–Crippen MR) is 94.0 cm³/mol. The van der Waals surface area contributed by atoms with Crippen LogP contribution in [0.4, 0.5) is 0 Å². The number of hydrogen-bond acceptors (Lipinski definition) is 8. The van der Waals surface area contributed by atoms with Gasteiger partial charge in [-0.25, -0.2) is 4.57 Å². The van der Waals surface area contributed by atoms with Crippen molar-refractivity contribution < 1.29 is 31.8 Å². The van der Waals surface area contributed by atoms with Crippen LogP contribution < -0.4 is 10.6 Å². The summed E-state index contributed by atoms with van der Waals surface area (Å²) in [4.78, 5) is 9.32. The van der Waals surface area contributed by atoms with Crippen LogP contribution in [0, 0.1) is 0 Å². The Hall–Kier alpha value is 0.127. The minimum Gasteiger partial charge on any atom is -0.377 e. The summed E-state index contributed by atoms with van der Waals surface area (Å²) >= 11 is 0. The van der Waals surface area contributed by atoms with E-state index in [0.29, 0.717) is 13.0 Å². The highest BCUT2D eigenvalue weighted by Crippen LogP contribution is 2.42. The van der Waals surface area contributed by atoms with Gasteiger partial charge in [0, 0.05) is 47.0 Å². The van der Waals surface area contributed by atoms with Gasteiger partial charge < -0.3 is 28.8 Å². The topological polar surface area (TPSA) is 108 Å². The SMILES string of the molecule is CCCOP(=O)(O)OCCNCCNCCC[Si](OC)(OC)OC. The van der Waals surface area contributed by atoms with Crippen molar-refractivity contribution in [3.05, 3.63) is 0 Å². The zero-order valence-corrected chi connectivity index (χ0v) is 17.1. The lowest BCUT2D eigenvalue weighted by atomic mass is 10.4. The molecule has 24 heavy (non-hydrogen) atoms. The molecule has 3 N–H and O–H groups in total. The molecule has 0 aliphatic rings. The van der Waals surface area contributed by atoms with Crippen LogP contribution in [0.5, 0.6) is 0 Å². The van der Waals surface area contributed by atoms with Gasteiger partial charge in [0.05, 0.1) is 13.2 Å². The molecule has 0 radical (unpaired) electrons. The summed E-state index contributed by atoms with van der Waals surface area (Å²) in [7, 11) is -1.53. The van der Waals surface area contributed by atoms with Crippen LogP contribution in [0.3, 0.4) is 0 Å². The van der Waals surface area contributed by atoms with Crippen LogP contribution in [0.2, 0.25) is 6.04 Å². The van der Waals surface area contributed by atoms with Crippen molar-refractivity contribution in [2.24, 2.45) is 0 Å². The first-order valence-electron chi connectivity index (χ1n) is 8.14. The highest BCUT2D eigenvalue weighted by atomic mass is 31.2. The zero-order valence-electron chi connectivity index (χ0n) is 15.2. The quantitative estimate of drug-likeness (QED) is 0.191. The summed E-state index contributed by atoms with van der Waals surface area (Å²) in [5, 5.41) is 6.40. The third-order valence-corrected chi connectivity index (χ3v) is 7.09. The molecule has 0 aromatic rings. The Bertz CT molecular complexity index is 340. The fourth-order valence-electron chi connectivity index (χ4n) is 1.89. The Morgan fingerprint density at radius 2 is 1.46 bits per heavy atom. The molecule has 0 aliphatic heterocycles. The molecule has 0 aromatic heterocycles. The maximum atomic E-state index is 11.4. The standard InChI is InChI=1S/C13H33N2O7PSi/c1-5-11-21-23(16,17)22-12-10-15-9-8-14-7-6-13-24(18-2,19-3)20-4/h14-15H,5-13H2,1-4H3,(H,16,17). The van der Waals surface area contributed by atoms with E-state index in [1.807, 2.05) is 6.92 Å². The van der Waals surface area contributed by atoms with Crippen molar-refractivity contribution in [2.75, 3.05) is 60.7 Å². The van der Waals surface area contributed by atoms with E-state index in [-0.39, 0.29) is 13.2 Å². The van der Waals surface area contributed by atoms with E-state index < -0.39 is 16.6 Å². The average Bonchev–Trinajstić information content (AvgIpc) is 2.59. The first-order chi connectivity index (χ1) is 11.4. The van der Waals surface area contributed by atoms with Crippen molar-refractivity contribution in [1.82, 2.24) is 10.6 Å². The van der Waals surface area contributed by atoms with Gasteiger partial charge in [0.25, 0.3) is 0 Å². The summed E-state index contributed by atoms with van der Waals surface area (Å²) in [6.45, 7) is 5.03. The summed E-state index contributed by atoms with van der Waals surface area (Å²) in [6, 6.07) is 0.758. The number of phosphoric ester groups is 1. The van der Waals surface area contributed by atoms with Crippen LogP contribution >= 0.6 is 7.82 Å². The molecule has 0 heterocycles. The van der Waals surface area contributed by atoms with Crippen LogP contribution in [-0.2, 0) is 26.9 Å². The largest absolute Gasteiger partial charge is 0.500 e. The molecule has 0 fully saturated rings. The fourth-order valence-corrected chi connectivity index (χ4v) is 4.42. The average molecular weight is 388 g/mol. The van der Waals surface area contributed by atoms with Gasteiger partial charge in [0.2, 0.25) is 0 Å². The Labute approximate surface area is 146 Å². The first kappa shape index (κ1) is 24.1. The fraction of sp³-hybridized carbons (Fsp3) is 1.00. The van der Waals surface area contributed by atoms with Gasteiger partial charge in [-0.3, -0.25) is 9.05 Å². The van der Waals surface area contributed by atoms with Crippen molar-refractivity contribution in [2.45, 2.75) is 25.8 Å². The van der Waals surface area contributed by atoms with Crippen molar-refractivity contribution in [1.29, 1.82) is 0 Å². The highest BCUT2D eigenvalue weighted by Gasteiger charge is 2.36. The van der Waals surface area contributed by atoms with Crippen LogP contribution in [-0.4, -0.2) is 74.4 Å².